The average molecular weight is 355 g/mol. The van der Waals surface area contributed by atoms with Gasteiger partial charge in [0.15, 0.2) is 0 Å². The van der Waals surface area contributed by atoms with E-state index in [1.807, 2.05) is 0 Å². The number of amides is 2. The fourth-order valence-corrected chi connectivity index (χ4v) is 2.20. The summed E-state index contributed by atoms with van der Waals surface area (Å²) >= 11 is 11.7. The van der Waals surface area contributed by atoms with E-state index in [9.17, 15) is 14.0 Å². The lowest BCUT2D eigenvalue weighted by Crippen LogP contribution is -2.34. The van der Waals surface area contributed by atoms with Gasteiger partial charge in [-0.1, -0.05) is 23.2 Å². The molecule has 0 aliphatic carbocycles. The van der Waals surface area contributed by atoms with Crippen LogP contribution < -0.4 is 10.6 Å². The predicted octanol–water partition coefficient (Wildman–Crippen LogP) is 3.29. The fraction of sp³-hybridized carbons (Fsp3) is 0.125. The second-order valence-electron chi connectivity index (χ2n) is 4.64. The maximum absolute atomic E-state index is 12.8. The van der Waals surface area contributed by atoms with Gasteiger partial charge in [0.1, 0.15) is 5.82 Å². The van der Waals surface area contributed by atoms with Crippen molar-refractivity contribution in [3.8, 4) is 0 Å². The van der Waals surface area contributed by atoms with Crippen LogP contribution in [0.5, 0.6) is 0 Å². The number of carbonyl (C=O) groups is 2. The van der Waals surface area contributed by atoms with Crippen molar-refractivity contribution in [3.63, 3.8) is 0 Å². The van der Waals surface area contributed by atoms with Gasteiger partial charge in [-0.05, 0) is 42.5 Å². The molecule has 7 heteroatoms. The van der Waals surface area contributed by atoms with E-state index in [0.717, 1.165) is 0 Å². The van der Waals surface area contributed by atoms with E-state index in [0.29, 0.717) is 15.6 Å². The third-order valence-electron chi connectivity index (χ3n) is 2.98. The van der Waals surface area contributed by atoms with Crippen molar-refractivity contribution in [2.45, 2.75) is 0 Å². The molecule has 0 fully saturated rings. The van der Waals surface area contributed by atoms with E-state index in [-0.39, 0.29) is 30.5 Å². The van der Waals surface area contributed by atoms with Gasteiger partial charge in [0.2, 0.25) is 0 Å². The molecule has 23 heavy (non-hydrogen) atoms. The number of nitrogens with one attached hydrogen (secondary N) is 2. The summed E-state index contributed by atoms with van der Waals surface area (Å²) in [5, 5.41) is 5.94. The molecular formula is C16H13Cl2FN2O2. The maximum atomic E-state index is 12.8. The van der Waals surface area contributed by atoms with E-state index in [4.69, 9.17) is 23.2 Å². The SMILES string of the molecule is O=C(NCCNC(=O)c1cc(Cl)ccc1Cl)c1ccc(F)cc1. The Morgan fingerprint density at radius 3 is 2.17 bits per heavy atom. The molecule has 2 N–H and O–H groups in total. The van der Waals surface area contributed by atoms with Gasteiger partial charge < -0.3 is 10.6 Å². The first-order chi connectivity index (χ1) is 11.0. The van der Waals surface area contributed by atoms with E-state index in [1.54, 1.807) is 6.07 Å². The lowest BCUT2D eigenvalue weighted by atomic mass is 10.2. The van der Waals surface area contributed by atoms with Crippen LogP contribution >= 0.6 is 23.2 Å². The molecule has 0 atom stereocenters. The van der Waals surface area contributed by atoms with Crippen LogP contribution in [-0.2, 0) is 0 Å². The number of rotatable bonds is 5. The van der Waals surface area contributed by atoms with Gasteiger partial charge in [-0.2, -0.15) is 0 Å². The number of carbonyl (C=O) groups excluding carboxylic acids is 2. The summed E-state index contributed by atoms with van der Waals surface area (Å²) in [7, 11) is 0. The summed E-state index contributed by atoms with van der Waals surface area (Å²) in [6.45, 7) is 0.439. The molecule has 0 aliphatic heterocycles. The number of hydrogen-bond acceptors (Lipinski definition) is 2. The molecule has 0 heterocycles. The van der Waals surface area contributed by atoms with Gasteiger partial charge in [-0.3, -0.25) is 9.59 Å². The molecule has 120 valence electrons. The first-order valence-electron chi connectivity index (χ1n) is 6.74. The first-order valence-corrected chi connectivity index (χ1v) is 7.50. The van der Waals surface area contributed by atoms with Gasteiger partial charge in [0.05, 0.1) is 10.6 Å². The highest BCUT2D eigenvalue weighted by Gasteiger charge is 2.11. The van der Waals surface area contributed by atoms with Crippen LogP contribution in [0.15, 0.2) is 42.5 Å². The topological polar surface area (TPSA) is 58.2 Å². The molecule has 0 saturated heterocycles. The van der Waals surface area contributed by atoms with Crippen LogP contribution in [0, 0.1) is 5.82 Å². The Morgan fingerprint density at radius 1 is 0.913 bits per heavy atom. The average Bonchev–Trinajstić information content (AvgIpc) is 2.54. The molecule has 0 spiro atoms. The van der Waals surface area contributed by atoms with Gasteiger partial charge in [0, 0.05) is 23.7 Å². The lowest BCUT2D eigenvalue weighted by molar-refractivity contribution is 0.0927. The zero-order valence-corrected chi connectivity index (χ0v) is 13.4. The lowest BCUT2D eigenvalue weighted by Gasteiger charge is -2.08. The highest BCUT2D eigenvalue weighted by Crippen LogP contribution is 2.20. The summed E-state index contributed by atoms with van der Waals surface area (Å²) in [6.07, 6.45) is 0. The van der Waals surface area contributed by atoms with E-state index < -0.39 is 5.82 Å². The van der Waals surface area contributed by atoms with Crippen molar-refractivity contribution in [2.75, 3.05) is 13.1 Å². The second kappa shape index (κ2) is 7.94. The van der Waals surface area contributed by atoms with Crippen LogP contribution in [0.4, 0.5) is 4.39 Å². The van der Waals surface area contributed by atoms with Crippen LogP contribution in [0.2, 0.25) is 10.0 Å². The molecule has 2 rings (SSSR count). The summed E-state index contributed by atoms with van der Waals surface area (Å²) in [4.78, 5) is 23.7. The minimum atomic E-state index is -0.410. The molecule has 0 aromatic heterocycles. The monoisotopic (exact) mass is 354 g/mol. The second-order valence-corrected chi connectivity index (χ2v) is 5.49. The van der Waals surface area contributed by atoms with Crippen molar-refractivity contribution >= 4 is 35.0 Å². The summed E-state index contributed by atoms with van der Waals surface area (Å²) < 4.78 is 12.8. The van der Waals surface area contributed by atoms with Gasteiger partial charge >= 0.3 is 0 Å². The standard InChI is InChI=1S/C16H13Cl2FN2O2/c17-11-3-6-14(18)13(9-11)16(23)21-8-7-20-15(22)10-1-4-12(19)5-2-10/h1-6,9H,7-8H2,(H,20,22)(H,21,23). The summed E-state index contributed by atoms with van der Waals surface area (Å²) in [5.74, 6) is -1.14. The van der Waals surface area contributed by atoms with Crippen LogP contribution in [0.1, 0.15) is 20.7 Å². The van der Waals surface area contributed by atoms with Gasteiger partial charge in [0.25, 0.3) is 11.8 Å². The van der Waals surface area contributed by atoms with Crippen molar-refractivity contribution in [3.05, 3.63) is 69.5 Å². The third kappa shape index (κ3) is 4.94. The van der Waals surface area contributed by atoms with Crippen LogP contribution in [0.3, 0.4) is 0 Å². The molecule has 2 aromatic carbocycles. The largest absolute Gasteiger partial charge is 0.350 e. The fourth-order valence-electron chi connectivity index (χ4n) is 1.82. The normalized spacial score (nSPS) is 10.2. The highest BCUT2D eigenvalue weighted by molar-refractivity contribution is 6.35. The quantitative estimate of drug-likeness (QED) is 0.809. The van der Waals surface area contributed by atoms with Gasteiger partial charge in [-0.15, -0.1) is 0 Å². The van der Waals surface area contributed by atoms with E-state index >= 15 is 0 Å². The first kappa shape index (κ1) is 17.2. The smallest absolute Gasteiger partial charge is 0.252 e. The minimum absolute atomic E-state index is 0.217. The van der Waals surface area contributed by atoms with Crippen LogP contribution in [0.25, 0.3) is 0 Å². The Kier molecular flexibility index (Phi) is 5.96. The Labute approximate surface area is 142 Å². The number of benzene rings is 2. The Balaban J connectivity index is 1.81. The molecular weight excluding hydrogens is 342 g/mol. The predicted molar refractivity (Wildman–Crippen MR) is 87.5 cm³/mol. The van der Waals surface area contributed by atoms with E-state index in [2.05, 4.69) is 10.6 Å². The van der Waals surface area contributed by atoms with E-state index in [1.165, 1.54) is 36.4 Å². The third-order valence-corrected chi connectivity index (χ3v) is 3.54. The van der Waals surface area contributed by atoms with Crippen molar-refractivity contribution in [2.24, 2.45) is 0 Å². The molecule has 0 aliphatic rings. The van der Waals surface area contributed by atoms with Gasteiger partial charge in [-0.25, -0.2) is 4.39 Å². The molecule has 0 radical (unpaired) electrons. The summed E-state index contributed by atoms with van der Waals surface area (Å²) in [5.41, 5.74) is 0.611. The molecule has 0 unspecified atom stereocenters. The Bertz CT molecular complexity index is 721. The van der Waals surface area contributed by atoms with Crippen molar-refractivity contribution in [1.29, 1.82) is 0 Å². The van der Waals surface area contributed by atoms with Crippen LogP contribution in [-0.4, -0.2) is 24.9 Å². The Morgan fingerprint density at radius 2 is 1.52 bits per heavy atom. The zero-order valence-electron chi connectivity index (χ0n) is 11.9. The van der Waals surface area contributed by atoms with Crippen molar-refractivity contribution < 1.29 is 14.0 Å². The number of hydrogen-bond donors (Lipinski definition) is 2. The minimum Gasteiger partial charge on any atom is -0.350 e. The molecule has 0 saturated carbocycles. The number of halogens is 3. The van der Waals surface area contributed by atoms with Crippen molar-refractivity contribution in [1.82, 2.24) is 10.6 Å². The molecule has 0 bridgehead atoms. The zero-order chi connectivity index (χ0) is 16.8. The summed E-state index contributed by atoms with van der Waals surface area (Å²) in [6, 6.07) is 9.77. The Hall–Kier alpha value is -2.11. The maximum Gasteiger partial charge on any atom is 0.252 e. The highest BCUT2D eigenvalue weighted by atomic mass is 35.5. The molecule has 2 aromatic rings. The molecule has 4 nitrogen and oxygen atoms in total. The molecule has 2 amide bonds.